The number of para-hydroxylation sites is 2. The monoisotopic (exact) mass is 377 g/mol. The third-order valence-corrected chi connectivity index (χ3v) is 5.00. The lowest BCUT2D eigenvalue weighted by atomic mass is 10.0. The van der Waals surface area contributed by atoms with Crippen molar-refractivity contribution >= 4 is 22.5 Å². The second-order valence-electron chi connectivity index (χ2n) is 7.84. The number of nitrogens with one attached hydrogen (secondary N) is 1. The summed E-state index contributed by atoms with van der Waals surface area (Å²) in [6.45, 7) is 6.25. The number of fused-ring (bicyclic) bond motifs is 2. The van der Waals surface area contributed by atoms with Crippen LogP contribution in [0.4, 0.5) is 5.69 Å². The quantitative estimate of drug-likeness (QED) is 0.756. The predicted octanol–water partition coefficient (Wildman–Crippen LogP) is 3.45. The predicted molar refractivity (Wildman–Crippen MR) is 109 cm³/mol. The Labute approximate surface area is 163 Å². The van der Waals surface area contributed by atoms with Crippen molar-refractivity contribution in [1.82, 2.24) is 9.55 Å². The van der Waals surface area contributed by atoms with Crippen molar-refractivity contribution in [1.29, 1.82) is 0 Å². The van der Waals surface area contributed by atoms with E-state index in [0.29, 0.717) is 16.6 Å². The molecular formula is C22H23N3O3. The zero-order valence-electron chi connectivity index (χ0n) is 16.3. The normalized spacial score (nSPS) is 14.5. The summed E-state index contributed by atoms with van der Waals surface area (Å²) < 4.78 is 7.47. The Morgan fingerprint density at radius 1 is 1.25 bits per heavy atom. The molecule has 0 spiro atoms. The number of anilines is 1. The highest BCUT2D eigenvalue weighted by atomic mass is 16.5. The van der Waals surface area contributed by atoms with E-state index in [1.54, 1.807) is 6.07 Å². The minimum absolute atomic E-state index is 0.132. The number of carbonyl (C=O) groups excluding carboxylic acids is 1. The minimum Gasteiger partial charge on any atom is -0.485 e. The van der Waals surface area contributed by atoms with Gasteiger partial charge < -0.3 is 10.1 Å². The first-order chi connectivity index (χ1) is 13.3. The first kappa shape index (κ1) is 18.2. The summed E-state index contributed by atoms with van der Waals surface area (Å²) in [6.07, 6.45) is 2.49. The van der Waals surface area contributed by atoms with E-state index >= 15 is 0 Å². The molecule has 0 aliphatic carbocycles. The van der Waals surface area contributed by atoms with Crippen LogP contribution in [0.3, 0.4) is 0 Å². The van der Waals surface area contributed by atoms with Crippen LogP contribution in [0.15, 0.2) is 47.5 Å². The van der Waals surface area contributed by atoms with E-state index in [1.807, 2.05) is 51.1 Å². The third-order valence-electron chi connectivity index (χ3n) is 5.00. The first-order valence-electron chi connectivity index (χ1n) is 9.40. The zero-order chi connectivity index (χ0) is 19.9. The number of carbonyl (C=O) groups is 1. The Morgan fingerprint density at radius 3 is 2.86 bits per heavy atom. The van der Waals surface area contributed by atoms with Crippen LogP contribution in [-0.2, 0) is 17.8 Å². The molecule has 0 atom stereocenters. The van der Waals surface area contributed by atoms with Crippen molar-refractivity contribution in [2.45, 2.75) is 45.8 Å². The number of ether oxygens (including phenoxy) is 1. The van der Waals surface area contributed by atoms with E-state index in [1.165, 1.54) is 10.9 Å². The molecule has 1 aliphatic heterocycles. The summed E-state index contributed by atoms with van der Waals surface area (Å²) in [7, 11) is 0. The van der Waals surface area contributed by atoms with Crippen LogP contribution in [0.5, 0.6) is 5.75 Å². The van der Waals surface area contributed by atoms with Gasteiger partial charge in [0.2, 0.25) is 5.91 Å². The molecule has 0 fully saturated rings. The molecule has 0 saturated carbocycles. The SMILES string of the molecule is Cc1cccc2c(=O)n(CCC(=O)Nc3cccc4c3OC(C)(C)C4)cnc12. The van der Waals surface area contributed by atoms with Crippen molar-refractivity contribution < 1.29 is 9.53 Å². The van der Waals surface area contributed by atoms with Gasteiger partial charge in [0.05, 0.1) is 22.9 Å². The van der Waals surface area contributed by atoms with Gasteiger partial charge in [-0.3, -0.25) is 14.2 Å². The molecule has 1 N–H and O–H groups in total. The largest absolute Gasteiger partial charge is 0.485 e. The molecule has 144 valence electrons. The lowest BCUT2D eigenvalue weighted by Crippen LogP contribution is -2.25. The molecule has 2 aromatic carbocycles. The van der Waals surface area contributed by atoms with E-state index in [9.17, 15) is 9.59 Å². The molecule has 1 aliphatic rings. The van der Waals surface area contributed by atoms with Gasteiger partial charge in [0.15, 0.2) is 0 Å². The standard InChI is InChI=1S/C22H23N3O3/c1-14-6-4-8-16-19(14)23-13-25(21(16)27)11-10-18(26)24-17-9-5-7-15-12-22(2,3)28-20(15)17/h4-9,13H,10-12H2,1-3H3,(H,24,26). The first-order valence-corrected chi connectivity index (χ1v) is 9.40. The van der Waals surface area contributed by atoms with Gasteiger partial charge in [-0.1, -0.05) is 24.3 Å². The van der Waals surface area contributed by atoms with E-state index in [4.69, 9.17) is 4.74 Å². The lowest BCUT2D eigenvalue weighted by Gasteiger charge is -2.18. The number of hydrogen-bond acceptors (Lipinski definition) is 4. The van der Waals surface area contributed by atoms with E-state index in [2.05, 4.69) is 10.3 Å². The molecule has 4 rings (SSSR count). The number of aryl methyl sites for hydroxylation is 2. The average molecular weight is 377 g/mol. The second kappa shape index (κ2) is 6.78. The smallest absolute Gasteiger partial charge is 0.261 e. The average Bonchev–Trinajstić information content (AvgIpc) is 2.97. The van der Waals surface area contributed by atoms with Crippen molar-refractivity contribution in [2.75, 3.05) is 5.32 Å². The third kappa shape index (κ3) is 3.38. The molecule has 0 unspecified atom stereocenters. The molecule has 1 amide bonds. The minimum atomic E-state index is -0.272. The van der Waals surface area contributed by atoms with Crippen LogP contribution in [0, 0.1) is 6.92 Å². The van der Waals surface area contributed by atoms with Crippen LogP contribution in [0.1, 0.15) is 31.4 Å². The number of nitrogens with zero attached hydrogens (tertiary/aromatic N) is 2. The highest BCUT2D eigenvalue weighted by molar-refractivity contribution is 5.92. The molecular weight excluding hydrogens is 354 g/mol. The van der Waals surface area contributed by atoms with Gasteiger partial charge in [-0.2, -0.15) is 0 Å². The summed E-state index contributed by atoms with van der Waals surface area (Å²) >= 11 is 0. The summed E-state index contributed by atoms with van der Waals surface area (Å²) in [5, 5.41) is 3.49. The molecule has 1 aromatic heterocycles. The molecule has 3 aromatic rings. The van der Waals surface area contributed by atoms with Gasteiger partial charge in [0.25, 0.3) is 5.56 Å². The van der Waals surface area contributed by atoms with Crippen LogP contribution in [-0.4, -0.2) is 21.1 Å². The van der Waals surface area contributed by atoms with Crippen LogP contribution in [0.2, 0.25) is 0 Å². The highest BCUT2D eigenvalue weighted by Gasteiger charge is 2.31. The van der Waals surface area contributed by atoms with Gasteiger partial charge in [-0.05, 0) is 38.5 Å². The number of benzene rings is 2. The molecule has 2 heterocycles. The van der Waals surface area contributed by atoms with Gasteiger partial charge in [0, 0.05) is 24.9 Å². The maximum absolute atomic E-state index is 12.6. The maximum Gasteiger partial charge on any atom is 0.261 e. The molecule has 0 bridgehead atoms. The highest BCUT2D eigenvalue weighted by Crippen LogP contribution is 2.40. The second-order valence-corrected chi connectivity index (χ2v) is 7.84. The van der Waals surface area contributed by atoms with Crippen molar-refractivity contribution in [3.63, 3.8) is 0 Å². The number of rotatable bonds is 4. The fourth-order valence-corrected chi connectivity index (χ4v) is 3.65. The Hall–Kier alpha value is -3.15. The van der Waals surface area contributed by atoms with E-state index in [0.717, 1.165) is 23.3 Å². The molecule has 28 heavy (non-hydrogen) atoms. The van der Waals surface area contributed by atoms with Crippen LogP contribution >= 0.6 is 0 Å². The number of amides is 1. The van der Waals surface area contributed by atoms with Gasteiger partial charge in [0.1, 0.15) is 11.4 Å². The fraction of sp³-hybridized carbons (Fsp3) is 0.318. The molecule has 0 radical (unpaired) electrons. The summed E-state index contributed by atoms with van der Waals surface area (Å²) in [4.78, 5) is 29.5. The fourth-order valence-electron chi connectivity index (χ4n) is 3.65. The van der Waals surface area contributed by atoms with Crippen LogP contribution in [0.25, 0.3) is 10.9 Å². The Kier molecular flexibility index (Phi) is 4.41. The van der Waals surface area contributed by atoms with E-state index in [-0.39, 0.29) is 30.0 Å². The summed E-state index contributed by atoms with van der Waals surface area (Å²) in [5.74, 6) is 0.568. The van der Waals surface area contributed by atoms with E-state index < -0.39 is 0 Å². The molecule has 0 saturated heterocycles. The Balaban J connectivity index is 1.48. The maximum atomic E-state index is 12.6. The topological polar surface area (TPSA) is 73.2 Å². The summed E-state index contributed by atoms with van der Waals surface area (Å²) in [5.41, 5.74) is 3.02. The van der Waals surface area contributed by atoms with Crippen molar-refractivity contribution in [3.05, 3.63) is 64.2 Å². The Bertz CT molecular complexity index is 1130. The molecule has 6 heteroatoms. The zero-order valence-corrected chi connectivity index (χ0v) is 16.3. The Morgan fingerprint density at radius 2 is 2.04 bits per heavy atom. The number of hydrogen-bond donors (Lipinski definition) is 1. The van der Waals surface area contributed by atoms with Crippen molar-refractivity contribution in [2.24, 2.45) is 0 Å². The van der Waals surface area contributed by atoms with Gasteiger partial charge in [-0.25, -0.2) is 4.98 Å². The summed E-state index contributed by atoms with van der Waals surface area (Å²) in [6, 6.07) is 11.3. The van der Waals surface area contributed by atoms with Gasteiger partial charge in [-0.15, -0.1) is 0 Å². The van der Waals surface area contributed by atoms with Crippen LogP contribution < -0.4 is 15.6 Å². The lowest BCUT2D eigenvalue weighted by molar-refractivity contribution is -0.116. The van der Waals surface area contributed by atoms with Crippen molar-refractivity contribution in [3.8, 4) is 5.75 Å². The number of aromatic nitrogens is 2. The molecule has 6 nitrogen and oxygen atoms in total. The van der Waals surface area contributed by atoms with Gasteiger partial charge >= 0.3 is 0 Å².